The summed E-state index contributed by atoms with van der Waals surface area (Å²) in [5.41, 5.74) is 10.1. The Kier molecular flexibility index (Phi) is 4.47. The second-order valence-electron chi connectivity index (χ2n) is 9.31. The Morgan fingerprint density at radius 1 is 0.343 bits per heavy atom. The maximum Gasteiger partial charge on any atom is 0.0713 e. The van der Waals surface area contributed by atoms with E-state index in [4.69, 9.17) is 0 Å². The van der Waals surface area contributed by atoms with E-state index in [2.05, 4.69) is 146 Å². The molecular weight excluding hydrogens is 420 g/mol. The van der Waals surface area contributed by atoms with Crippen LogP contribution in [0.25, 0.3) is 33.0 Å². The molecule has 0 heteroatoms. The second kappa shape index (κ2) is 7.82. The fourth-order valence-electron chi connectivity index (χ4n) is 6.09. The van der Waals surface area contributed by atoms with E-state index in [1.54, 1.807) is 0 Å². The molecule has 0 radical (unpaired) electrons. The number of hydrogen-bond acceptors (Lipinski definition) is 0. The molecule has 0 atom stereocenters. The van der Waals surface area contributed by atoms with Crippen molar-refractivity contribution in [2.45, 2.75) is 5.41 Å². The van der Waals surface area contributed by atoms with Gasteiger partial charge in [-0.1, -0.05) is 146 Å². The van der Waals surface area contributed by atoms with Gasteiger partial charge in [0, 0.05) is 0 Å². The number of rotatable bonds is 3. The summed E-state index contributed by atoms with van der Waals surface area (Å²) in [6, 6.07) is 53.2. The van der Waals surface area contributed by atoms with Crippen molar-refractivity contribution in [3.8, 4) is 22.3 Å². The summed E-state index contributed by atoms with van der Waals surface area (Å²) in [4.78, 5) is 0. The third kappa shape index (κ3) is 2.87. The smallest absolute Gasteiger partial charge is 0.0622 e. The van der Waals surface area contributed by atoms with Crippen LogP contribution in [0.15, 0.2) is 146 Å². The molecule has 0 bridgehead atoms. The minimum atomic E-state index is -0.342. The number of fused-ring (bicyclic) bond motifs is 4. The Hall–Kier alpha value is -4.42. The van der Waals surface area contributed by atoms with Gasteiger partial charge < -0.3 is 0 Å². The van der Waals surface area contributed by atoms with Crippen molar-refractivity contribution in [3.05, 3.63) is 168 Å². The molecule has 6 aromatic rings. The highest BCUT2D eigenvalue weighted by atomic mass is 14.5. The van der Waals surface area contributed by atoms with E-state index in [9.17, 15) is 0 Å². The molecule has 0 saturated heterocycles. The Morgan fingerprint density at radius 2 is 0.857 bits per heavy atom. The van der Waals surface area contributed by atoms with E-state index in [1.807, 2.05) is 0 Å². The van der Waals surface area contributed by atoms with Crippen molar-refractivity contribution in [3.63, 3.8) is 0 Å². The van der Waals surface area contributed by atoms with Gasteiger partial charge in [-0.15, -0.1) is 0 Å². The molecule has 0 amide bonds. The molecule has 0 fully saturated rings. The largest absolute Gasteiger partial charge is 0.0713 e. The molecule has 1 aliphatic rings. The highest BCUT2D eigenvalue weighted by Gasteiger charge is 2.45. The molecule has 0 heterocycles. The van der Waals surface area contributed by atoms with Gasteiger partial charge in [0.15, 0.2) is 0 Å². The van der Waals surface area contributed by atoms with E-state index in [1.165, 1.54) is 55.3 Å². The predicted octanol–water partition coefficient (Wildman–Crippen LogP) is 8.87. The van der Waals surface area contributed by atoms with Crippen LogP contribution >= 0.6 is 0 Å². The third-order valence-corrected chi connectivity index (χ3v) is 7.58. The first-order chi connectivity index (χ1) is 17.4. The van der Waals surface area contributed by atoms with Crippen molar-refractivity contribution in [1.29, 1.82) is 0 Å². The predicted molar refractivity (Wildman–Crippen MR) is 147 cm³/mol. The fraction of sp³-hybridized carbons (Fsp3) is 0.0286. The van der Waals surface area contributed by atoms with Crippen molar-refractivity contribution in [2.75, 3.05) is 0 Å². The van der Waals surface area contributed by atoms with Gasteiger partial charge in [-0.25, -0.2) is 0 Å². The highest BCUT2D eigenvalue weighted by molar-refractivity contribution is 5.96. The Morgan fingerprint density at radius 3 is 1.57 bits per heavy atom. The van der Waals surface area contributed by atoms with Crippen LogP contribution in [0.4, 0.5) is 0 Å². The van der Waals surface area contributed by atoms with E-state index >= 15 is 0 Å². The van der Waals surface area contributed by atoms with Crippen molar-refractivity contribution >= 4 is 10.8 Å². The average molecular weight is 445 g/mol. The van der Waals surface area contributed by atoms with Crippen LogP contribution in [0.5, 0.6) is 0 Å². The molecule has 0 saturated carbocycles. The van der Waals surface area contributed by atoms with Gasteiger partial charge in [0.05, 0.1) is 5.41 Å². The summed E-state index contributed by atoms with van der Waals surface area (Å²) in [5.74, 6) is 0. The van der Waals surface area contributed by atoms with Gasteiger partial charge in [-0.3, -0.25) is 0 Å². The molecular formula is C35H24. The minimum absolute atomic E-state index is 0.342. The molecule has 0 aliphatic heterocycles. The summed E-state index contributed by atoms with van der Waals surface area (Å²) in [7, 11) is 0. The second-order valence-corrected chi connectivity index (χ2v) is 9.31. The molecule has 0 N–H and O–H groups in total. The minimum Gasteiger partial charge on any atom is -0.0622 e. The molecule has 0 aromatic heterocycles. The summed E-state index contributed by atoms with van der Waals surface area (Å²) in [5, 5.41) is 2.56. The molecule has 7 rings (SSSR count). The first kappa shape index (κ1) is 20.0. The number of benzene rings is 6. The lowest BCUT2D eigenvalue weighted by molar-refractivity contribution is 0.768. The summed E-state index contributed by atoms with van der Waals surface area (Å²) >= 11 is 0. The zero-order valence-corrected chi connectivity index (χ0v) is 19.4. The monoisotopic (exact) mass is 444 g/mol. The Bertz CT molecular complexity index is 1620. The van der Waals surface area contributed by atoms with Crippen molar-refractivity contribution in [2.24, 2.45) is 0 Å². The maximum atomic E-state index is 2.34. The third-order valence-electron chi connectivity index (χ3n) is 7.58. The molecule has 6 aromatic carbocycles. The summed E-state index contributed by atoms with van der Waals surface area (Å²) in [6.07, 6.45) is 0. The standard InChI is InChI=1S/C35H24/c1-2-13-27(14-3-1)35(33-19-8-6-16-31(33)32-17-7-9-20-34(32)35)28-23-21-26(22-24-28)30-18-10-12-25-11-4-5-15-29(25)30/h1-24H. The van der Waals surface area contributed by atoms with E-state index in [-0.39, 0.29) is 5.41 Å². The maximum absolute atomic E-state index is 2.34. The zero-order valence-electron chi connectivity index (χ0n) is 19.4. The highest BCUT2D eigenvalue weighted by Crippen LogP contribution is 2.56. The average Bonchev–Trinajstić information content (AvgIpc) is 3.25. The first-order valence-corrected chi connectivity index (χ1v) is 12.2. The first-order valence-electron chi connectivity index (χ1n) is 12.2. The molecule has 164 valence electrons. The lowest BCUT2D eigenvalue weighted by Crippen LogP contribution is -2.28. The van der Waals surface area contributed by atoms with Gasteiger partial charge in [-0.2, -0.15) is 0 Å². The van der Waals surface area contributed by atoms with Crippen LogP contribution in [0.3, 0.4) is 0 Å². The molecule has 35 heavy (non-hydrogen) atoms. The van der Waals surface area contributed by atoms with Crippen molar-refractivity contribution < 1.29 is 0 Å². The van der Waals surface area contributed by atoms with Gasteiger partial charge in [-0.05, 0) is 55.3 Å². The Balaban J connectivity index is 1.49. The molecule has 0 spiro atoms. The lowest BCUT2D eigenvalue weighted by atomic mass is 9.67. The SMILES string of the molecule is c1ccc(C2(c3ccc(-c4cccc5ccccc45)cc3)c3ccccc3-c3ccccc32)cc1. The van der Waals surface area contributed by atoms with Crippen LogP contribution in [0, 0.1) is 0 Å². The van der Waals surface area contributed by atoms with Crippen LogP contribution in [-0.2, 0) is 5.41 Å². The fourth-order valence-corrected chi connectivity index (χ4v) is 6.09. The van der Waals surface area contributed by atoms with Crippen LogP contribution in [0.1, 0.15) is 22.3 Å². The molecule has 0 unspecified atom stereocenters. The normalized spacial score (nSPS) is 13.4. The topological polar surface area (TPSA) is 0 Å². The van der Waals surface area contributed by atoms with Crippen LogP contribution in [-0.4, -0.2) is 0 Å². The van der Waals surface area contributed by atoms with Crippen LogP contribution < -0.4 is 0 Å². The van der Waals surface area contributed by atoms with E-state index < -0.39 is 0 Å². The van der Waals surface area contributed by atoms with Crippen LogP contribution in [0.2, 0.25) is 0 Å². The molecule has 1 aliphatic carbocycles. The van der Waals surface area contributed by atoms with Gasteiger partial charge in [0.1, 0.15) is 0 Å². The van der Waals surface area contributed by atoms with E-state index in [0.29, 0.717) is 0 Å². The van der Waals surface area contributed by atoms with Gasteiger partial charge in [0.25, 0.3) is 0 Å². The number of hydrogen-bond donors (Lipinski definition) is 0. The van der Waals surface area contributed by atoms with Gasteiger partial charge >= 0.3 is 0 Å². The van der Waals surface area contributed by atoms with E-state index in [0.717, 1.165) is 0 Å². The quantitative estimate of drug-likeness (QED) is 0.255. The van der Waals surface area contributed by atoms with Crippen molar-refractivity contribution in [1.82, 2.24) is 0 Å². The summed E-state index contributed by atoms with van der Waals surface area (Å²) in [6.45, 7) is 0. The summed E-state index contributed by atoms with van der Waals surface area (Å²) < 4.78 is 0. The molecule has 0 nitrogen and oxygen atoms in total. The van der Waals surface area contributed by atoms with Gasteiger partial charge in [0.2, 0.25) is 0 Å². The zero-order chi connectivity index (χ0) is 23.2. The Labute approximate surface area is 206 Å². The lowest BCUT2D eigenvalue weighted by Gasteiger charge is -2.34.